The highest BCUT2D eigenvalue weighted by Crippen LogP contribution is 2.14. The van der Waals surface area contributed by atoms with Crippen LogP contribution in [0, 0.1) is 0 Å². The number of halogens is 3. The lowest BCUT2D eigenvalue weighted by molar-refractivity contribution is -0.192. The molecule has 0 fully saturated rings. The number of carbonyl (C=O) groups excluding carboxylic acids is 6. The summed E-state index contributed by atoms with van der Waals surface area (Å²) in [5.41, 5.74) is 82.7. The number of hydrogen-bond acceptors (Lipinski definition) is 16. The topological polar surface area (TPSA) is 726 Å². The van der Waals surface area contributed by atoms with Crippen LogP contribution in [-0.4, -0.2) is 194 Å². The minimum Gasteiger partial charge on any atom is -0.480 e. The number of amides is 6. The summed E-state index contributed by atoms with van der Waals surface area (Å²) >= 11 is 0. The molecule has 38 N–H and O–H groups in total. The standard InChI is InChI=1S/C42H86N28O8.C2HF3O2/c43-22(8-1-15-58-36(44)45)29(71)65-23(9-2-16-59-37(46)47)30(72)66-24(10-3-17-60-38(48)49)31(73)67-25(11-4-18-61-39(50)51)32(74)68-26(12-5-19-62-40(52)53)33(75)69-27(13-6-20-63-41(54)55)34(76)70-28(35(77)78)14-7-21-64-42(56)57;3-2(4,5)1(6)7/h22-28H,1-21,43H2,(H,65,71)(H,66,72)(H,67,73)(H,68,74)(H,69,75)(H,70,76)(H,77,78)(H4,44,45,58)(H4,46,47,59)(H4,48,49,60)(H4,50,51,61)(H4,52,53,62)(H4,54,55,63)(H4,56,57,64);(H,6,7)/t22-,23-,24-,25-,26-,27-,28-;/m0./s1. The number of carboxylic acid groups (broad SMARTS) is 2. The summed E-state index contributed by atoms with van der Waals surface area (Å²) in [7, 11) is 0. The maximum Gasteiger partial charge on any atom is 0.490 e. The average Bonchev–Trinajstić information content (AvgIpc) is 3.54. The molecule has 484 valence electrons. The third kappa shape index (κ3) is 41.1. The van der Waals surface area contributed by atoms with Gasteiger partial charge in [0.05, 0.1) is 6.04 Å². The largest absolute Gasteiger partial charge is 0.490 e. The fourth-order valence-corrected chi connectivity index (χ4v) is 6.91. The Morgan fingerprint density at radius 1 is 0.318 bits per heavy atom. The molecule has 0 aliphatic rings. The SMILES string of the molecule is NC(N)=NCCC[C@H](NC(=O)[C@H](CCCN=C(N)N)NC(=O)[C@H](CCCN=C(N)N)NC(=O)[C@H](CCCN=C(N)N)NC(=O)[C@H](CCCN=C(N)N)NC(=O)[C@H](CCCN=C(N)N)NC(=O)[C@@H](N)CCCN=C(N)N)C(=O)O.O=C(O)C(F)(F)F. The number of nitrogens with two attached hydrogens (primary N) is 15. The van der Waals surface area contributed by atoms with Gasteiger partial charge in [-0.15, -0.1) is 0 Å². The van der Waals surface area contributed by atoms with Gasteiger partial charge >= 0.3 is 18.1 Å². The Morgan fingerprint density at radius 3 is 0.659 bits per heavy atom. The van der Waals surface area contributed by atoms with E-state index < -0.39 is 95.9 Å². The fraction of sp³-hybridized carbons (Fsp3) is 0.659. The van der Waals surface area contributed by atoms with Crippen LogP contribution in [0.4, 0.5) is 13.2 Å². The van der Waals surface area contributed by atoms with Gasteiger partial charge in [-0.05, 0) is 89.9 Å². The van der Waals surface area contributed by atoms with Gasteiger partial charge in [0.2, 0.25) is 35.4 Å². The first kappa shape index (κ1) is 77.5. The first-order valence-electron chi connectivity index (χ1n) is 26.2. The zero-order valence-electron chi connectivity index (χ0n) is 47.0. The summed E-state index contributed by atoms with van der Waals surface area (Å²) in [6.07, 6.45) is -4.50. The predicted octanol–water partition coefficient (Wildman–Crippen LogP) is -9.68. The molecule has 0 heterocycles. The highest BCUT2D eigenvalue weighted by atomic mass is 19.4. The van der Waals surface area contributed by atoms with E-state index in [1.807, 2.05) is 0 Å². The lowest BCUT2D eigenvalue weighted by atomic mass is 10.0. The van der Waals surface area contributed by atoms with Gasteiger partial charge in [0.15, 0.2) is 41.7 Å². The summed E-state index contributed by atoms with van der Waals surface area (Å²) in [4.78, 5) is 133. The van der Waals surface area contributed by atoms with Gasteiger partial charge in [-0.1, -0.05) is 0 Å². The Kier molecular flexibility index (Phi) is 39.3. The summed E-state index contributed by atoms with van der Waals surface area (Å²) in [6, 6.07) is -9.55. The zero-order chi connectivity index (χ0) is 65.2. The summed E-state index contributed by atoms with van der Waals surface area (Å²) in [5, 5.41) is 32.6. The molecular formula is C44H87F3N28O10. The van der Waals surface area contributed by atoms with Crippen molar-refractivity contribution in [3.05, 3.63) is 0 Å². The van der Waals surface area contributed by atoms with Crippen LogP contribution < -0.4 is 118 Å². The zero-order valence-corrected chi connectivity index (χ0v) is 47.0. The molecule has 0 aromatic carbocycles. The highest BCUT2D eigenvalue weighted by Gasteiger charge is 2.38. The number of nitrogens with zero attached hydrogens (tertiary/aromatic N) is 7. The van der Waals surface area contributed by atoms with E-state index in [4.69, 9.17) is 95.9 Å². The van der Waals surface area contributed by atoms with E-state index in [-0.39, 0.29) is 171 Å². The molecule has 0 saturated carbocycles. The van der Waals surface area contributed by atoms with Gasteiger partial charge < -0.3 is 128 Å². The predicted molar refractivity (Wildman–Crippen MR) is 310 cm³/mol. The number of nitrogens with one attached hydrogen (secondary N) is 6. The third-order valence-electron chi connectivity index (χ3n) is 11.0. The monoisotopic (exact) mass is 1220 g/mol. The molecule has 0 aromatic heterocycles. The van der Waals surface area contributed by atoms with E-state index >= 15 is 0 Å². The van der Waals surface area contributed by atoms with Crippen LogP contribution in [0.5, 0.6) is 0 Å². The number of aliphatic carboxylic acids is 2. The third-order valence-corrected chi connectivity index (χ3v) is 11.0. The minimum absolute atomic E-state index is 0.00837. The van der Waals surface area contributed by atoms with Crippen molar-refractivity contribution < 1.29 is 61.7 Å². The van der Waals surface area contributed by atoms with Gasteiger partial charge in [0.1, 0.15) is 36.3 Å². The lowest BCUT2D eigenvalue weighted by Crippen LogP contribution is -2.59. The molecule has 7 atom stereocenters. The van der Waals surface area contributed by atoms with E-state index in [1.165, 1.54) is 0 Å². The number of alkyl halides is 3. The van der Waals surface area contributed by atoms with Crippen LogP contribution >= 0.6 is 0 Å². The Labute approximate surface area is 486 Å². The number of aliphatic imine (C=N–C) groups is 7. The van der Waals surface area contributed by atoms with Crippen molar-refractivity contribution in [2.75, 3.05) is 45.8 Å². The summed E-state index contributed by atoms with van der Waals surface area (Å²) in [6.45, 7) is 0.333. The van der Waals surface area contributed by atoms with E-state index in [9.17, 15) is 51.8 Å². The van der Waals surface area contributed by atoms with E-state index in [1.54, 1.807) is 0 Å². The number of guanidine groups is 7. The molecule has 38 nitrogen and oxygen atoms in total. The summed E-state index contributed by atoms with van der Waals surface area (Å²) in [5.74, 6) is -10.9. The van der Waals surface area contributed by atoms with Gasteiger partial charge in [-0.25, -0.2) is 9.59 Å². The molecule has 0 spiro atoms. The van der Waals surface area contributed by atoms with Gasteiger partial charge in [0, 0.05) is 45.8 Å². The first-order valence-corrected chi connectivity index (χ1v) is 26.2. The van der Waals surface area contributed by atoms with Crippen LogP contribution in [0.1, 0.15) is 89.9 Å². The maximum atomic E-state index is 14.4. The van der Waals surface area contributed by atoms with Crippen LogP contribution in [0.2, 0.25) is 0 Å². The van der Waals surface area contributed by atoms with Crippen LogP contribution in [0.15, 0.2) is 34.9 Å². The van der Waals surface area contributed by atoms with Crippen molar-refractivity contribution in [2.24, 2.45) is 121 Å². The number of rotatable bonds is 41. The Hall–Kier alpha value is -9.60. The Morgan fingerprint density at radius 2 is 0.482 bits per heavy atom. The second kappa shape index (κ2) is 43.1. The van der Waals surface area contributed by atoms with Crippen LogP contribution in [0.25, 0.3) is 0 Å². The average molecular weight is 1230 g/mol. The van der Waals surface area contributed by atoms with Crippen molar-refractivity contribution in [3.8, 4) is 0 Å². The Balaban J connectivity index is 0. The molecule has 0 aliphatic carbocycles. The molecule has 0 aromatic rings. The van der Waals surface area contributed by atoms with Gasteiger partial charge in [-0.3, -0.25) is 63.7 Å². The van der Waals surface area contributed by atoms with E-state index in [0.717, 1.165) is 0 Å². The molecule has 0 unspecified atom stereocenters. The molecule has 0 rings (SSSR count). The van der Waals surface area contributed by atoms with Crippen molar-refractivity contribution in [3.63, 3.8) is 0 Å². The number of carbonyl (C=O) groups is 8. The lowest BCUT2D eigenvalue weighted by Gasteiger charge is -2.28. The van der Waals surface area contributed by atoms with Gasteiger partial charge in [-0.2, -0.15) is 13.2 Å². The Bertz CT molecular complexity index is 2330. The van der Waals surface area contributed by atoms with Crippen molar-refractivity contribution in [1.82, 2.24) is 31.9 Å². The second-order valence-corrected chi connectivity index (χ2v) is 18.3. The van der Waals surface area contributed by atoms with Crippen LogP contribution in [-0.2, 0) is 38.4 Å². The van der Waals surface area contributed by atoms with Crippen LogP contribution in [0.3, 0.4) is 0 Å². The number of carboxylic acids is 2. The van der Waals surface area contributed by atoms with E-state index in [2.05, 4.69) is 66.8 Å². The first-order chi connectivity index (χ1) is 39.7. The maximum absolute atomic E-state index is 14.4. The smallest absolute Gasteiger partial charge is 0.480 e. The van der Waals surface area contributed by atoms with Crippen molar-refractivity contribution >= 4 is 89.1 Å². The molecule has 0 radical (unpaired) electrons. The molecule has 0 bridgehead atoms. The van der Waals surface area contributed by atoms with Crippen molar-refractivity contribution in [2.45, 2.75) is 138 Å². The molecule has 85 heavy (non-hydrogen) atoms. The molecule has 0 aliphatic heterocycles. The molecule has 0 saturated heterocycles. The molecular weight excluding hydrogens is 1140 g/mol. The quantitative estimate of drug-likeness (QED) is 0.0154. The van der Waals surface area contributed by atoms with E-state index in [0.29, 0.717) is 6.42 Å². The fourth-order valence-electron chi connectivity index (χ4n) is 6.91. The summed E-state index contributed by atoms with van der Waals surface area (Å²) < 4.78 is 31.7. The molecule has 41 heteroatoms. The van der Waals surface area contributed by atoms with Crippen molar-refractivity contribution in [1.29, 1.82) is 0 Å². The number of hydrogen-bond donors (Lipinski definition) is 23. The highest BCUT2D eigenvalue weighted by molar-refractivity contribution is 5.97. The normalized spacial score (nSPS) is 13.1. The second-order valence-electron chi connectivity index (χ2n) is 18.3. The minimum atomic E-state index is -5.08. The molecule has 6 amide bonds. The van der Waals surface area contributed by atoms with Gasteiger partial charge in [0.25, 0.3) is 0 Å².